The number of thiazole rings is 1. The van der Waals surface area contributed by atoms with Crippen molar-refractivity contribution in [2.45, 2.75) is 4.34 Å². The number of thioether (sulfide) groups is 1. The molecule has 2 aromatic carbocycles. The second kappa shape index (κ2) is 5.64. The van der Waals surface area contributed by atoms with Crippen LogP contribution >= 0.6 is 23.1 Å². The average molecular weight is 300 g/mol. The van der Waals surface area contributed by atoms with E-state index in [1.807, 2.05) is 36.6 Å². The third kappa shape index (κ3) is 2.69. The largest absolute Gasteiger partial charge is 0.507 e. The highest BCUT2D eigenvalue weighted by atomic mass is 32.2. The lowest BCUT2D eigenvalue weighted by molar-refractivity contribution is 0.474. The van der Waals surface area contributed by atoms with Gasteiger partial charge in [-0.25, -0.2) is 4.98 Å². The SMILES string of the molecule is CSc1nc2ccc(N=Cc3ccccc3O)cc2s1. The first kappa shape index (κ1) is 13.1. The number of hydrogen-bond acceptors (Lipinski definition) is 5. The Morgan fingerprint density at radius 1 is 1.25 bits per heavy atom. The molecule has 100 valence electrons. The molecule has 0 aliphatic carbocycles. The molecule has 0 aliphatic heterocycles. The van der Waals surface area contributed by atoms with Crippen LogP contribution in [-0.2, 0) is 0 Å². The Bertz CT molecular complexity index is 780. The van der Waals surface area contributed by atoms with Crippen molar-refractivity contribution in [3.63, 3.8) is 0 Å². The molecule has 1 aromatic heterocycles. The van der Waals surface area contributed by atoms with E-state index in [4.69, 9.17) is 0 Å². The number of para-hydroxylation sites is 1. The first-order valence-corrected chi connectivity index (χ1v) is 8.07. The van der Waals surface area contributed by atoms with Crippen LogP contribution in [0.15, 0.2) is 51.8 Å². The second-order valence-electron chi connectivity index (χ2n) is 4.15. The molecule has 0 saturated heterocycles. The molecule has 3 rings (SSSR count). The Morgan fingerprint density at radius 3 is 2.90 bits per heavy atom. The summed E-state index contributed by atoms with van der Waals surface area (Å²) in [4.78, 5) is 8.90. The molecule has 0 unspecified atom stereocenters. The number of aromatic nitrogens is 1. The maximum absolute atomic E-state index is 9.69. The summed E-state index contributed by atoms with van der Waals surface area (Å²) < 4.78 is 2.18. The fraction of sp³-hybridized carbons (Fsp3) is 0.0667. The number of phenolic OH excluding ortho intramolecular Hbond substituents is 1. The van der Waals surface area contributed by atoms with Gasteiger partial charge in [0.2, 0.25) is 0 Å². The highest BCUT2D eigenvalue weighted by molar-refractivity contribution is 8.00. The monoisotopic (exact) mass is 300 g/mol. The molecule has 1 N–H and O–H groups in total. The van der Waals surface area contributed by atoms with Crippen LogP contribution < -0.4 is 0 Å². The van der Waals surface area contributed by atoms with Crippen LogP contribution in [0, 0.1) is 0 Å². The zero-order valence-electron chi connectivity index (χ0n) is 10.8. The summed E-state index contributed by atoms with van der Waals surface area (Å²) in [5.74, 6) is 0.236. The summed E-state index contributed by atoms with van der Waals surface area (Å²) in [5.41, 5.74) is 2.57. The van der Waals surface area contributed by atoms with Crippen molar-refractivity contribution < 1.29 is 5.11 Å². The molecular formula is C15H12N2OS2. The number of aliphatic imine (C=N–C) groups is 1. The van der Waals surface area contributed by atoms with Gasteiger partial charge in [0.1, 0.15) is 5.75 Å². The number of fused-ring (bicyclic) bond motifs is 1. The summed E-state index contributed by atoms with van der Waals surface area (Å²) in [5, 5.41) is 9.69. The predicted molar refractivity (Wildman–Crippen MR) is 86.8 cm³/mol. The van der Waals surface area contributed by atoms with Crippen LogP contribution in [0.2, 0.25) is 0 Å². The van der Waals surface area contributed by atoms with Crippen molar-refractivity contribution in [3.05, 3.63) is 48.0 Å². The van der Waals surface area contributed by atoms with Crippen molar-refractivity contribution in [3.8, 4) is 5.75 Å². The number of rotatable bonds is 3. The molecule has 0 bridgehead atoms. The van der Waals surface area contributed by atoms with Crippen molar-refractivity contribution in [1.29, 1.82) is 0 Å². The van der Waals surface area contributed by atoms with Crippen LogP contribution in [0.4, 0.5) is 5.69 Å². The fourth-order valence-corrected chi connectivity index (χ4v) is 3.32. The van der Waals surface area contributed by atoms with E-state index in [2.05, 4.69) is 9.98 Å². The van der Waals surface area contributed by atoms with E-state index >= 15 is 0 Å². The van der Waals surface area contributed by atoms with Crippen LogP contribution in [0.1, 0.15) is 5.56 Å². The molecular weight excluding hydrogens is 288 g/mol. The summed E-state index contributed by atoms with van der Waals surface area (Å²) in [6, 6.07) is 13.1. The highest BCUT2D eigenvalue weighted by Gasteiger charge is 2.03. The fourth-order valence-electron chi connectivity index (χ4n) is 1.80. The molecule has 0 saturated carbocycles. The van der Waals surface area contributed by atoms with E-state index < -0.39 is 0 Å². The lowest BCUT2D eigenvalue weighted by atomic mass is 10.2. The number of hydrogen-bond donors (Lipinski definition) is 1. The smallest absolute Gasteiger partial charge is 0.150 e. The van der Waals surface area contributed by atoms with Crippen LogP contribution in [-0.4, -0.2) is 22.6 Å². The molecule has 0 radical (unpaired) electrons. The van der Waals surface area contributed by atoms with Crippen molar-refractivity contribution in [2.75, 3.05) is 6.26 Å². The third-order valence-corrected chi connectivity index (χ3v) is 4.82. The number of aromatic hydroxyl groups is 1. The Morgan fingerprint density at radius 2 is 2.10 bits per heavy atom. The van der Waals surface area contributed by atoms with Gasteiger partial charge < -0.3 is 5.11 Å². The number of phenols is 1. The van der Waals surface area contributed by atoms with Gasteiger partial charge in [0.15, 0.2) is 4.34 Å². The number of nitrogens with zero attached hydrogens (tertiary/aromatic N) is 2. The van der Waals surface area contributed by atoms with Gasteiger partial charge in [-0.05, 0) is 36.6 Å². The van der Waals surface area contributed by atoms with E-state index in [0.717, 1.165) is 20.2 Å². The van der Waals surface area contributed by atoms with Crippen molar-refractivity contribution in [2.24, 2.45) is 4.99 Å². The Labute approximate surface area is 125 Å². The quantitative estimate of drug-likeness (QED) is 0.573. The molecule has 1 heterocycles. The van der Waals surface area contributed by atoms with E-state index in [9.17, 15) is 5.11 Å². The van der Waals surface area contributed by atoms with Gasteiger partial charge in [-0.1, -0.05) is 23.9 Å². The third-order valence-electron chi connectivity index (χ3n) is 2.82. The minimum Gasteiger partial charge on any atom is -0.507 e. The van der Waals surface area contributed by atoms with Crippen molar-refractivity contribution >= 4 is 45.2 Å². The molecule has 0 amide bonds. The van der Waals surface area contributed by atoms with Gasteiger partial charge >= 0.3 is 0 Å². The van der Waals surface area contributed by atoms with Crippen LogP contribution in [0.5, 0.6) is 5.75 Å². The first-order valence-electron chi connectivity index (χ1n) is 6.03. The Hall–Kier alpha value is -1.85. The summed E-state index contributed by atoms with van der Waals surface area (Å²) in [6.45, 7) is 0. The summed E-state index contributed by atoms with van der Waals surface area (Å²) in [6.07, 6.45) is 3.70. The molecule has 0 fully saturated rings. The normalized spacial score (nSPS) is 11.4. The predicted octanol–water partition coefficient (Wildman–Crippen LogP) is 4.47. The van der Waals surface area contributed by atoms with Gasteiger partial charge in [-0.15, -0.1) is 11.3 Å². The van der Waals surface area contributed by atoms with E-state index in [1.54, 1.807) is 41.4 Å². The number of benzene rings is 2. The van der Waals surface area contributed by atoms with E-state index in [1.165, 1.54) is 0 Å². The maximum atomic E-state index is 9.69. The zero-order valence-corrected chi connectivity index (χ0v) is 12.4. The minimum atomic E-state index is 0.236. The highest BCUT2D eigenvalue weighted by Crippen LogP contribution is 2.30. The van der Waals surface area contributed by atoms with E-state index in [0.29, 0.717) is 5.56 Å². The van der Waals surface area contributed by atoms with E-state index in [-0.39, 0.29) is 5.75 Å². The molecule has 20 heavy (non-hydrogen) atoms. The molecule has 0 spiro atoms. The Kier molecular flexibility index (Phi) is 3.71. The van der Waals surface area contributed by atoms with Gasteiger partial charge in [0.25, 0.3) is 0 Å². The van der Waals surface area contributed by atoms with Crippen molar-refractivity contribution in [1.82, 2.24) is 4.98 Å². The lowest BCUT2D eigenvalue weighted by Crippen LogP contribution is -1.80. The second-order valence-corrected chi connectivity index (χ2v) is 6.24. The van der Waals surface area contributed by atoms with Gasteiger partial charge in [-0.3, -0.25) is 4.99 Å². The van der Waals surface area contributed by atoms with Crippen LogP contribution in [0.25, 0.3) is 10.2 Å². The topological polar surface area (TPSA) is 45.5 Å². The molecule has 3 aromatic rings. The molecule has 0 atom stereocenters. The Balaban J connectivity index is 1.92. The van der Waals surface area contributed by atoms with Gasteiger partial charge in [0, 0.05) is 11.8 Å². The minimum absolute atomic E-state index is 0.236. The molecule has 3 nitrogen and oxygen atoms in total. The summed E-state index contributed by atoms with van der Waals surface area (Å²) in [7, 11) is 0. The maximum Gasteiger partial charge on any atom is 0.150 e. The molecule has 5 heteroatoms. The zero-order chi connectivity index (χ0) is 13.9. The first-order chi connectivity index (χ1) is 9.76. The van der Waals surface area contributed by atoms with Gasteiger partial charge in [-0.2, -0.15) is 0 Å². The average Bonchev–Trinajstić information content (AvgIpc) is 2.88. The van der Waals surface area contributed by atoms with Crippen LogP contribution in [0.3, 0.4) is 0 Å². The standard InChI is InChI=1S/C15H12N2OS2/c1-19-15-17-12-7-6-11(8-14(12)20-15)16-9-10-4-2-3-5-13(10)18/h2-9,18H,1H3. The lowest BCUT2D eigenvalue weighted by Gasteiger charge is -1.97. The molecule has 0 aliphatic rings. The summed E-state index contributed by atoms with van der Waals surface area (Å²) >= 11 is 3.31. The van der Waals surface area contributed by atoms with Gasteiger partial charge in [0.05, 0.1) is 15.9 Å².